The SMILES string of the molecule is [CH2][C@@H](O)OCCCCCC. The Kier molecular flexibility index (Phi) is 6.98. The van der Waals surface area contributed by atoms with Gasteiger partial charge in [0.1, 0.15) is 0 Å². The van der Waals surface area contributed by atoms with Crippen LogP contribution in [-0.2, 0) is 4.74 Å². The molecule has 1 radical (unpaired) electrons. The van der Waals surface area contributed by atoms with Gasteiger partial charge in [-0.15, -0.1) is 0 Å². The zero-order chi connectivity index (χ0) is 7.82. The van der Waals surface area contributed by atoms with E-state index in [0.717, 1.165) is 6.42 Å². The van der Waals surface area contributed by atoms with Crippen molar-refractivity contribution in [1.82, 2.24) is 0 Å². The van der Waals surface area contributed by atoms with Crippen LogP contribution in [0.5, 0.6) is 0 Å². The molecule has 0 aromatic carbocycles. The fourth-order valence-electron chi connectivity index (χ4n) is 0.748. The van der Waals surface area contributed by atoms with Crippen molar-refractivity contribution < 1.29 is 9.84 Å². The number of aliphatic hydroxyl groups is 1. The average molecular weight is 145 g/mol. The van der Waals surface area contributed by atoms with Crippen LogP contribution in [0.4, 0.5) is 0 Å². The van der Waals surface area contributed by atoms with E-state index in [0.29, 0.717) is 6.61 Å². The Morgan fingerprint density at radius 1 is 1.40 bits per heavy atom. The first-order valence-corrected chi connectivity index (χ1v) is 3.90. The molecule has 0 saturated carbocycles. The Bertz CT molecular complexity index is 62.3. The second-order valence-corrected chi connectivity index (χ2v) is 2.39. The monoisotopic (exact) mass is 145 g/mol. The number of rotatable bonds is 6. The van der Waals surface area contributed by atoms with Crippen LogP contribution in [0, 0.1) is 6.92 Å². The molecule has 0 fully saturated rings. The molecule has 0 amide bonds. The van der Waals surface area contributed by atoms with E-state index in [1.54, 1.807) is 0 Å². The van der Waals surface area contributed by atoms with E-state index in [1.807, 2.05) is 0 Å². The van der Waals surface area contributed by atoms with Gasteiger partial charge in [0.25, 0.3) is 0 Å². The molecule has 0 unspecified atom stereocenters. The largest absolute Gasteiger partial charge is 0.368 e. The molecule has 0 bridgehead atoms. The first-order chi connectivity index (χ1) is 4.77. The van der Waals surface area contributed by atoms with Gasteiger partial charge in [0.05, 0.1) is 0 Å². The summed E-state index contributed by atoms with van der Waals surface area (Å²) in [4.78, 5) is 0. The Labute approximate surface area is 63.2 Å². The van der Waals surface area contributed by atoms with E-state index in [4.69, 9.17) is 9.84 Å². The number of unbranched alkanes of at least 4 members (excludes halogenated alkanes) is 3. The Hall–Kier alpha value is -0.0800. The van der Waals surface area contributed by atoms with Crippen molar-refractivity contribution in [3.8, 4) is 0 Å². The summed E-state index contributed by atoms with van der Waals surface area (Å²) in [7, 11) is 0. The predicted molar refractivity (Wildman–Crippen MR) is 41.5 cm³/mol. The van der Waals surface area contributed by atoms with Gasteiger partial charge in [0.15, 0.2) is 6.29 Å². The topological polar surface area (TPSA) is 29.5 Å². The van der Waals surface area contributed by atoms with Crippen LogP contribution in [0.15, 0.2) is 0 Å². The Morgan fingerprint density at radius 2 is 2.10 bits per heavy atom. The van der Waals surface area contributed by atoms with Crippen LogP contribution in [-0.4, -0.2) is 18.0 Å². The van der Waals surface area contributed by atoms with E-state index >= 15 is 0 Å². The van der Waals surface area contributed by atoms with Gasteiger partial charge in [-0.25, -0.2) is 0 Å². The molecule has 61 valence electrons. The maximum atomic E-state index is 8.58. The number of hydrogen-bond donors (Lipinski definition) is 1. The zero-order valence-electron chi connectivity index (χ0n) is 6.68. The van der Waals surface area contributed by atoms with Gasteiger partial charge in [-0.05, 0) is 6.42 Å². The Balaban J connectivity index is 2.77. The van der Waals surface area contributed by atoms with Gasteiger partial charge in [-0.3, -0.25) is 0 Å². The minimum absolute atomic E-state index is 0.630. The molecule has 0 saturated heterocycles. The maximum Gasteiger partial charge on any atom is 0.154 e. The molecule has 0 aliphatic heterocycles. The second-order valence-electron chi connectivity index (χ2n) is 2.39. The van der Waals surface area contributed by atoms with Gasteiger partial charge >= 0.3 is 0 Å². The molecular weight excluding hydrogens is 128 g/mol. The summed E-state index contributed by atoms with van der Waals surface area (Å²) in [5.41, 5.74) is 0. The van der Waals surface area contributed by atoms with Crippen molar-refractivity contribution in [2.24, 2.45) is 0 Å². The van der Waals surface area contributed by atoms with Crippen LogP contribution in [0.1, 0.15) is 32.6 Å². The molecule has 0 aromatic heterocycles. The van der Waals surface area contributed by atoms with E-state index in [-0.39, 0.29) is 0 Å². The average Bonchev–Trinajstić information content (AvgIpc) is 1.87. The summed E-state index contributed by atoms with van der Waals surface area (Å²) in [5.74, 6) is 0. The number of hydrogen-bond acceptors (Lipinski definition) is 2. The normalized spacial score (nSPS) is 13.5. The maximum absolute atomic E-state index is 8.58. The molecule has 0 aromatic rings. The fraction of sp³-hybridized carbons (Fsp3) is 0.875. The van der Waals surface area contributed by atoms with Crippen molar-refractivity contribution >= 4 is 0 Å². The van der Waals surface area contributed by atoms with Crippen LogP contribution in [0.25, 0.3) is 0 Å². The van der Waals surface area contributed by atoms with Gasteiger partial charge in [0, 0.05) is 13.5 Å². The molecule has 0 spiro atoms. The lowest BCUT2D eigenvalue weighted by molar-refractivity contribution is -0.0672. The van der Waals surface area contributed by atoms with Crippen LogP contribution < -0.4 is 0 Å². The molecule has 0 rings (SSSR count). The summed E-state index contributed by atoms with van der Waals surface area (Å²) in [6.45, 7) is 6.08. The van der Waals surface area contributed by atoms with Crippen LogP contribution >= 0.6 is 0 Å². The highest BCUT2D eigenvalue weighted by molar-refractivity contribution is 4.42. The smallest absolute Gasteiger partial charge is 0.154 e. The van der Waals surface area contributed by atoms with Crippen molar-refractivity contribution in [1.29, 1.82) is 0 Å². The van der Waals surface area contributed by atoms with E-state index in [2.05, 4.69) is 13.8 Å². The lowest BCUT2D eigenvalue weighted by Crippen LogP contribution is -2.07. The highest BCUT2D eigenvalue weighted by Crippen LogP contribution is 1.99. The summed E-state index contributed by atoms with van der Waals surface area (Å²) >= 11 is 0. The fourth-order valence-corrected chi connectivity index (χ4v) is 0.748. The zero-order valence-corrected chi connectivity index (χ0v) is 6.68. The van der Waals surface area contributed by atoms with E-state index < -0.39 is 6.29 Å². The highest BCUT2D eigenvalue weighted by Gasteiger charge is 1.92. The first-order valence-electron chi connectivity index (χ1n) is 3.90. The standard InChI is InChI=1S/C8H17O2/c1-3-4-5-6-7-10-8(2)9/h8-9H,2-7H2,1H3/t8-/m0/s1. The van der Waals surface area contributed by atoms with Gasteiger partial charge in [-0.2, -0.15) is 0 Å². The van der Waals surface area contributed by atoms with Crippen molar-refractivity contribution in [2.45, 2.75) is 38.9 Å². The third-order valence-electron chi connectivity index (χ3n) is 1.31. The molecular formula is C8H17O2. The molecule has 2 heteroatoms. The van der Waals surface area contributed by atoms with E-state index in [1.165, 1.54) is 19.3 Å². The summed E-state index contributed by atoms with van der Waals surface area (Å²) < 4.78 is 4.83. The van der Waals surface area contributed by atoms with E-state index in [9.17, 15) is 0 Å². The molecule has 2 nitrogen and oxygen atoms in total. The van der Waals surface area contributed by atoms with Gasteiger partial charge in [0.2, 0.25) is 0 Å². The lowest BCUT2D eigenvalue weighted by atomic mass is 10.2. The number of aliphatic hydroxyl groups excluding tert-OH is 1. The van der Waals surface area contributed by atoms with Crippen molar-refractivity contribution in [3.63, 3.8) is 0 Å². The molecule has 1 N–H and O–H groups in total. The summed E-state index contributed by atoms with van der Waals surface area (Å²) in [5, 5.41) is 8.58. The Morgan fingerprint density at radius 3 is 2.60 bits per heavy atom. The third kappa shape index (κ3) is 7.92. The minimum Gasteiger partial charge on any atom is -0.368 e. The first kappa shape index (κ1) is 9.92. The molecule has 0 aliphatic carbocycles. The molecule has 0 heterocycles. The van der Waals surface area contributed by atoms with Crippen LogP contribution in [0.3, 0.4) is 0 Å². The minimum atomic E-state index is -0.846. The van der Waals surface area contributed by atoms with Crippen molar-refractivity contribution in [3.05, 3.63) is 6.92 Å². The summed E-state index contributed by atoms with van der Waals surface area (Å²) in [6.07, 6.45) is 3.84. The van der Waals surface area contributed by atoms with Gasteiger partial charge in [-0.1, -0.05) is 26.2 Å². The van der Waals surface area contributed by atoms with Gasteiger partial charge < -0.3 is 9.84 Å². The third-order valence-corrected chi connectivity index (χ3v) is 1.31. The molecule has 10 heavy (non-hydrogen) atoms. The van der Waals surface area contributed by atoms with Crippen LogP contribution in [0.2, 0.25) is 0 Å². The molecule has 0 aliphatic rings. The predicted octanol–water partition coefficient (Wildman–Crippen LogP) is 1.74. The lowest BCUT2D eigenvalue weighted by Gasteiger charge is -2.04. The van der Waals surface area contributed by atoms with Crippen molar-refractivity contribution in [2.75, 3.05) is 6.61 Å². The highest BCUT2D eigenvalue weighted by atomic mass is 16.6. The number of ether oxygens (including phenoxy) is 1. The summed E-state index contributed by atoms with van der Waals surface area (Å²) in [6, 6.07) is 0. The second kappa shape index (κ2) is 7.03. The quantitative estimate of drug-likeness (QED) is 0.455. The molecule has 1 atom stereocenters.